The number of hydrogen-bond donors (Lipinski definition) is 1. The normalized spacial score (nSPS) is 18.4. The number of piperidine rings is 1. The molecule has 0 spiro atoms. The first-order chi connectivity index (χ1) is 10.8. The lowest BCUT2D eigenvalue weighted by Gasteiger charge is -2.32. The van der Waals surface area contributed by atoms with Crippen molar-refractivity contribution < 1.29 is 9.32 Å². The van der Waals surface area contributed by atoms with Crippen molar-refractivity contribution in [3.05, 3.63) is 36.3 Å². The molecule has 1 atom stereocenters. The van der Waals surface area contributed by atoms with Gasteiger partial charge in [0, 0.05) is 37.1 Å². The van der Waals surface area contributed by atoms with Crippen molar-refractivity contribution in [2.45, 2.75) is 12.8 Å². The minimum Gasteiger partial charge on any atom is -0.355 e. The quantitative estimate of drug-likeness (QED) is 0.932. The van der Waals surface area contributed by atoms with Gasteiger partial charge in [0.2, 0.25) is 0 Å². The number of likely N-dealkylation sites (tertiary alicyclic amines) is 1. The lowest BCUT2D eigenvalue weighted by Crippen LogP contribution is -2.42. The van der Waals surface area contributed by atoms with Crippen molar-refractivity contribution in [2.24, 2.45) is 5.92 Å². The number of amides is 1. The molecule has 0 radical (unpaired) electrons. The maximum atomic E-state index is 12.6. The van der Waals surface area contributed by atoms with Crippen LogP contribution in [0.4, 0.5) is 0 Å². The zero-order valence-corrected chi connectivity index (χ0v) is 12.7. The Morgan fingerprint density at radius 2 is 2.27 bits per heavy atom. The van der Waals surface area contributed by atoms with Crippen LogP contribution in [0.15, 0.2) is 35.1 Å². The van der Waals surface area contributed by atoms with E-state index in [2.05, 4.69) is 15.5 Å². The Balaban J connectivity index is 1.71. The van der Waals surface area contributed by atoms with E-state index in [-0.39, 0.29) is 5.91 Å². The molecule has 0 saturated carbocycles. The molecule has 2 aromatic heterocycles. The number of hydrogen-bond acceptors (Lipinski definition) is 5. The number of nitrogens with zero attached hydrogens (tertiary/aromatic N) is 3. The molecule has 3 heterocycles. The molecule has 1 amide bonds. The molecule has 22 heavy (non-hydrogen) atoms. The lowest BCUT2D eigenvalue weighted by molar-refractivity contribution is 0.0664. The third kappa shape index (κ3) is 3.17. The van der Waals surface area contributed by atoms with Crippen molar-refractivity contribution in [1.82, 2.24) is 20.4 Å². The first-order valence-electron chi connectivity index (χ1n) is 7.59. The Labute approximate surface area is 129 Å². The zero-order valence-electron chi connectivity index (χ0n) is 12.7. The SMILES string of the molecule is CNC[C@H]1CCCN(C(=O)c2cc(-c3ccncc3)on2)C1. The predicted octanol–water partition coefficient (Wildman–Crippen LogP) is 1.81. The van der Waals surface area contributed by atoms with Crippen LogP contribution in [0.3, 0.4) is 0 Å². The first kappa shape index (κ1) is 14.7. The number of nitrogens with one attached hydrogen (secondary N) is 1. The second-order valence-corrected chi connectivity index (χ2v) is 5.63. The summed E-state index contributed by atoms with van der Waals surface area (Å²) in [4.78, 5) is 18.4. The van der Waals surface area contributed by atoms with Gasteiger partial charge in [0.05, 0.1) is 0 Å². The fourth-order valence-electron chi connectivity index (χ4n) is 2.90. The van der Waals surface area contributed by atoms with Crippen LogP contribution >= 0.6 is 0 Å². The van der Waals surface area contributed by atoms with E-state index in [0.29, 0.717) is 17.4 Å². The van der Waals surface area contributed by atoms with Crippen LogP contribution in [0.2, 0.25) is 0 Å². The van der Waals surface area contributed by atoms with Gasteiger partial charge in [-0.15, -0.1) is 0 Å². The minimum absolute atomic E-state index is 0.0511. The van der Waals surface area contributed by atoms with Crippen LogP contribution in [0, 0.1) is 5.92 Å². The van der Waals surface area contributed by atoms with E-state index in [1.165, 1.54) is 0 Å². The van der Waals surface area contributed by atoms with Gasteiger partial charge in [0.15, 0.2) is 11.5 Å². The molecule has 0 unspecified atom stereocenters. The third-order valence-corrected chi connectivity index (χ3v) is 3.99. The Bertz CT molecular complexity index is 624. The number of carbonyl (C=O) groups excluding carboxylic acids is 1. The molecule has 6 heteroatoms. The van der Waals surface area contributed by atoms with E-state index in [1.54, 1.807) is 18.5 Å². The molecule has 3 rings (SSSR count). The summed E-state index contributed by atoms with van der Waals surface area (Å²) in [6.07, 6.45) is 5.57. The first-order valence-corrected chi connectivity index (χ1v) is 7.59. The maximum Gasteiger partial charge on any atom is 0.276 e. The molecule has 6 nitrogen and oxygen atoms in total. The van der Waals surface area contributed by atoms with Crippen LogP contribution in [-0.2, 0) is 0 Å². The van der Waals surface area contributed by atoms with Crippen LogP contribution < -0.4 is 5.32 Å². The predicted molar refractivity (Wildman–Crippen MR) is 82.3 cm³/mol. The molecule has 1 N–H and O–H groups in total. The Hall–Kier alpha value is -2.21. The third-order valence-electron chi connectivity index (χ3n) is 3.99. The molecule has 1 aliphatic rings. The van der Waals surface area contributed by atoms with E-state index >= 15 is 0 Å². The molecule has 116 valence electrons. The number of pyridine rings is 1. The highest BCUT2D eigenvalue weighted by Gasteiger charge is 2.26. The summed E-state index contributed by atoms with van der Waals surface area (Å²) in [5.41, 5.74) is 1.24. The fourth-order valence-corrected chi connectivity index (χ4v) is 2.90. The van der Waals surface area contributed by atoms with Gasteiger partial charge >= 0.3 is 0 Å². The topological polar surface area (TPSA) is 71.3 Å². The van der Waals surface area contributed by atoms with Gasteiger partial charge in [-0.3, -0.25) is 9.78 Å². The van der Waals surface area contributed by atoms with Gasteiger partial charge in [0.25, 0.3) is 5.91 Å². The smallest absolute Gasteiger partial charge is 0.276 e. The van der Waals surface area contributed by atoms with Crippen LogP contribution in [-0.4, -0.2) is 47.6 Å². The molecular weight excluding hydrogens is 280 g/mol. The number of rotatable bonds is 4. The van der Waals surface area contributed by atoms with E-state index in [1.807, 2.05) is 24.1 Å². The van der Waals surface area contributed by atoms with E-state index in [9.17, 15) is 4.79 Å². The second-order valence-electron chi connectivity index (χ2n) is 5.63. The zero-order chi connectivity index (χ0) is 15.4. The summed E-state index contributed by atoms with van der Waals surface area (Å²) in [7, 11) is 1.94. The van der Waals surface area contributed by atoms with Crippen molar-refractivity contribution >= 4 is 5.91 Å². The lowest BCUT2D eigenvalue weighted by atomic mass is 9.98. The maximum absolute atomic E-state index is 12.6. The minimum atomic E-state index is -0.0511. The van der Waals surface area contributed by atoms with E-state index < -0.39 is 0 Å². The van der Waals surface area contributed by atoms with Gasteiger partial charge in [-0.05, 0) is 44.5 Å². The highest BCUT2D eigenvalue weighted by atomic mass is 16.5. The molecule has 0 aliphatic carbocycles. The Kier molecular flexibility index (Phi) is 4.48. The summed E-state index contributed by atoms with van der Waals surface area (Å²) in [6, 6.07) is 5.37. The molecular formula is C16H20N4O2. The van der Waals surface area contributed by atoms with Gasteiger partial charge in [-0.25, -0.2) is 0 Å². The molecule has 1 aliphatic heterocycles. The second kappa shape index (κ2) is 6.70. The van der Waals surface area contributed by atoms with Gasteiger partial charge in [-0.1, -0.05) is 5.16 Å². The Morgan fingerprint density at radius 1 is 1.45 bits per heavy atom. The fraction of sp³-hybridized carbons (Fsp3) is 0.438. The number of aromatic nitrogens is 2. The van der Waals surface area contributed by atoms with Gasteiger partial charge in [0.1, 0.15) is 0 Å². The summed E-state index contributed by atoms with van der Waals surface area (Å²) in [5, 5.41) is 7.12. The molecule has 0 aromatic carbocycles. The average molecular weight is 300 g/mol. The molecule has 1 saturated heterocycles. The van der Waals surface area contributed by atoms with Crippen LogP contribution in [0.25, 0.3) is 11.3 Å². The van der Waals surface area contributed by atoms with E-state index in [4.69, 9.17) is 4.52 Å². The monoisotopic (exact) mass is 300 g/mol. The average Bonchev–Trinajstić information content (AvgIpc) is 3.05. The summed E-state index contributed by atoms with van der Waals surface area (Å²) < 4.78 is 5.30. The van der Waals surface area contributed by atoms with Gasteiger partial charge < -0.3 is 14.7 Å². The summed E-state index contributed by atoms with van der Waals surface area (Å²) >= 11 is 0. The summed E-state index contributed by atoms with van der Waals surface area (Å²) in [6.45, 7) is 2.50. The molecule has 1 fully saturated rings. The highest BCUT2D eigenvalue weighted by Crippen LogP contribution is 2.22. The van der Waals surface area contributed by atoms with Crippen molar-refractivity contribution in [1.29, 1.82) is 0 Å². The summed E-state index contributed by atoms with van der Waals surface area (Å²) in [5.74, 6) is 1.05. The van der Waals surface area contributed by atoms with Crippen molar-refractivity contribution in [3.8, 4) is 11.3 Å². The largest absolute Gasteiger partial charge is 0.355 e. The highest BCUT2D eigenvalue weighted by molar-refractivity contribution is 5.93. The van der Waals surface area contributed by atoms with Crippen molar-refractivity contribution in [2.75, 3.05) is 26.7 Å². The van der Waals surface area contributed by atoms with Crippen LogP contribution in [0.1, 0.15) is 23.3 Å². The number of carbonyl (C=O) groups is 1. The van der Waals surface area contributed by atoms with Crippen LogP contribution in [0.5, 0.6) is 0 Å². The Morgan fingerprint density at radius 3 is 3.05 bits per heavy atom. The molecule has 2 aromatic rings. The molecule has 0 bridgehead atoms. The van der Waals surface area contributed by atoms with Gasteiger partial charge in [-0.2, -0.15) is 0 Å². The van der Waals surface area contributed by atoms with E-state index in [0.717, 1.165) is 38.0 Å². The standard InChI is InChI=1S/C16H20N4O2/c1-17-10-12-3-2-8-20(11-12)16(21)14-9-15(22-19-14)13-4-6-18-7-5-13/h4-7,9,12,17H,2-3,8,10-11H2,1H3/t12-/m1/s1. The van der Waals surface area contributed by atoms with Crippen molar-refractivity contribution in [3.63, 3.8) is 0 Å².